The first-order valence-corrected chi connectivity index (χ1v) is 7.86. The number of aliphatic hydroxyl groups is 1. The minimum atomic E-state index is -0.236. The second-order valence-electron chi connectivity index (χ2n) is 4.96. The number of hydrogen-bond donors (Lipinski definition) is 2. The highest BCUT2D eigenvalue weighted by Crippen LogP contribution is 2.13. The molecule has 2 atom stereocenters. The Kier molecular flexibility index (Phi) is 5.29. The van der Waals surface area contributed by atoms with E-state index in [1.54, 1.807) is 11.8 Å². The van der Waals surface area contributed by atoms with Gasteiger partial charge in [0.1, 0.15) is 0 Å². The van der Waals surface area contributed by atoms with Crippen molar-refractivity contribution >= 4 is 17.7 Å². The highest BCUT2D eigenvalue weighted by atomic mass is 32.2. The molecule has 6 heteroatoms. The molecule has 2 rings (SSSR count). The number of carbonyl (C=O) groups excluding carboxylic acids is 1. The summed E-state index contributed by atoms with van der Waals surface area (Å²) in [5, 5.41) is 12.8. The van der Waals surface area contributed by atoms with Gasteiger partial charge in [0.25, 0.3) is 0 Å². The minimum Gasteiger partial charge on any atom is -0.392 e. The van der Waals surface area contributed by atoms with Crippen LogP contribution in [0.25, 0.3) is 0 Å². The molecule has 0 saturated carbocycles. The first-order chi connectivity index (χ1) is 8.70. The maximum atomic E-state index is 12.2. The van der Waals surface area contributed by atoms with E-state index in [-0.39, 0.29) is 18.1 Å². The van der Waals surface area contributed by atoms with E-state index in [1.165, 1.54) is 0 Å². The summed E-state index contributed by atoms with van der Waals surface area (Å²) in [6, 6.07) is 0.0165. The molecule has 2 fully saturated rings. The van der Waals surface area contributed by atoms with E-state index in [4.69, 9.17) is 0 Å². The third-order valence-electron chi connectivity index (χ3n) is 3.64. The van der Waals surface area contributed by atoms with E-state index in [0.717, 1.165) is 50.8 Å². The van der Waals surface area contributed by atoms with E-state index in [9.17, 15) is 9.90 Å². The first kappa shape index (κ1) is 14.1. The van der Waals surface area contributed by atoms with E-state index < -0.39 is 0 Å². The lowest BCUT2D eigenvalue weighted by Crippen LogP contribution is -2.54. The Labute approximate surface area is 113 Å². The van der Waals surface area contributed by atoms with Crippen LogP contribution in [0.15, 0.2) is 0 Å². The Bertz CT molecular complexity index is 276. The number of nitrogens with one attached hydrogen (secondary N) is 1. The fourth-order valence-electron chi connectivity index (χ4n) is 2.35. The van der Waals surface area contributed by atoms with Crippen molar-refractivity contribution in [2.45, 2.75) is 25.5 Å². The minimum absolute atomic E-state index is 0.0165. The molecule has 0 spiro atoms. The second kappa shape index (κ2) is 6.75. The summed E-state index contributed by atoms with van der Waals surface area (Å²) in [6.07, 6.45) is 0.558. The van der Waals surface area contributed by atoms with Crippen LogP contribution in [0.4, 0.5) is 0 Å². The molecule has 2 aliphatic heterocycles. The Balaban J connectivity index is 1.74. The van der Waals surface area contributed by atoms with Crippen LogP contribution in [0.3, 0.4) is 0 Å². The van der Waals surface area contributed by atoms with Gasteiger partial charge < -0.3 is 10.0 Å². The maximum absolute atomic E-state index is 12.2. The number of piperazine rings is 1. The van der Waals surface area contributed by atoms with Gasteiger partial charge in [-0.3, -0.25) is 15.0 Å². The van der Waals surface area contributed by atoms with Crippen molar-refractivity contribution in [3.8, 4) is 0 Å². The molecule has 0 radical (unpaired) electrons. The molecule has 104 valence electrons. The molecule has 2 heterocycles. The van der Waals surface area contributed by atoms with Crippen LogP contribution in [0.1, 0.15) is 13.3 Å². The lowest BCUT2D eigenvalue weighted by molar-refractivity contribution is -0.134. The van der Waals surface area contributed by atoms with Crippen LogP contribution in [-0.4, -0.2) is 77.3 Å². The first-order valence-electron chi connectivity index (χ1n) is 6.71. The number of aliphatic hydroxyl groups excluding tert-OH is 1. The van der Waals surface area contributed by atoms with Gasteiger partial charge in [-0.15, -0.1) is 11.8 Å². The topological polar surface area (TPSA) is 55.8 Å². The third kappa shape index (κ3) is 3.60. The molecule has 1 unspecified atom stereocenters. The van der Waals surface area contributed by atoms with Gasteiger partial charge in [-0.25, -0.2) is 0 Å². The van der Waals surface area contributed by atoms with Gasteiger partial charge in [0.05, 0.1) is 12.1 Å². The average Bonchev–Trinajstić information content (AvgIpc) is 2.92. The Morgan fingerprint density at radius 3 is 2.72 bits per heavy atom. The fourth-order valence-corrected chi connectivity index (χ4v) is 3.29. The smallest absolute Gasteiger partial charge is 0.240 e. The Morgan fingerprint density at radius 1 is 1.44 bits per heavy atom. The van der Waals surface area contributed by atoms with Gasteiger partial charge in [-0.05, 0) is 6.42 Å². The predicted molar refractivity (Wildman–Crippen MR) is 73.6 cm³/mol. The zero-order valence-electron chi connectivity index (χ0n) is 11.0. The summed E-state index contributed by atoms with van der Waals surface area (Å²) < 4.78 is 0. The number of amides is 1. The quantitative estimate of drug-likeness (QED) is 0.727. The van der Waals surface area contributed by atoms with Crippen LogP contribution in [0.5, 0.6) is 0 Å². The summed E-state index contributed by atoms with van der Waals surface area (Å²) >= 11 is 1.78. The molecule has 2 saturated heterocycles. The molecule has 2 N–H and O–H groups in total. The largest absolute Gasteiger partial charge is 0.392 e. The van der Waals surface area contributed by atoms with E-state index in [0.29, 0.717) is 0 Å². The summed E-state index contributed by atoms with van der Waals surface area (Å²) in [6.45, 7) is 6.06. The molecule has 0 aromatic rings. The van der Waals surface area contributed by atoms with Crippen LogP contribution in [-0.2, 0) is 4.79 Å². The van der Waals surface area contributed by atoms with Crippen molar-refractivity contribution in [2.75, 3.05) is 44.4 Å². The fraction of sp³-hybridized carbons (Fsp3) is 0.917. The predicted octanol–water partition coefficient (Wildman–Crippen LogP) is -0.436. The average molecular weight is 273 g/mol. The Hall–Kier alpha value is -0.300. The Morgan fingerprint density at radius 2 is 2.17 bits per heavy atom. The maximum Gasteiger partial charge on any atom is 0.240 e. The molecule has 0 aromatic carbocycles. The van der Waals surface area contributed by atoms with Gasteiger partial charge in [0.2, 0.25) is 5.91 Å². The van der Waals surface area contributed by atoms with Crippen molar-refractivity contribution in [3.63, 3.8) is 0 Å². The molecular formula is C12H23N3O2S. The zero-order chi connectivity index (χ0) is 13.0. The van der Waals surface area contributed by atoms with E-state index in [2.05, 4.69) is 10.2 Å². The van der Waals surface area contributed by atoms with Crippen molar-refractivity contribution in [1.82, 2.24) is 15.1 Å². The van der Waals surface area contributed by atoms with Crippen LogP contribution >= 0.6 is 11.8 Å². The van der Waals surface area contributed by atoms with Gasteiger partial charge in [0.15, 0.2) is 0 Å². The van der Waals surface area contributed by atoms with Crippen LogP contribution < -0.4 is 5.32 Å². The highest BCUT2D eigenvalue weighted by Gasteiger charge is 2.29. The van der Waals surface area contributed by atoms with E-state index >= 15 is 0 Å². The number of hydrogen-bond acceptors (Lipinski definition) is 5. The van der Waals surface area contributed by atoms with Gasteiger partial charge in [-0.1, -0.05) is 6.92 Å². The normalized spacial score (nSPS) is 27.4. The summed E-state index contributed by atoms with van der Waals surface area (Å²) in [5.74, 6) is 2.03. The van der Waals surface area contributed by atoms with Gasteiger partial charge >= 0.3 is 0 Å². The third-order valence-corrected chi connectivity index (χ3v) is 4.58. The molecular weight excluding hydrogens is 250 g/mol. The van der Waals surface area contributed by atoms with E-state index in [1.807, 2.05) is 11.8 Å². The number of nitrogens with zero attached hydrogens (tertiary/aromatic N) is 2. The molecule has 0 aromatic heterocycles. The molecule has 0 bridgehead atoms. The summed E-state index contributed by atoms with van der Waals surface area (Å²) in [5.41, 5.74) is 0. The van der Waals surface area contributed by atoms with Crippen LogP contribution in [0.2, 0.25) is 0 Å². The number of rotatable bonds is 4. The molecule has 1 amide bonds. The molecule has 18 heavy (non-hydrogen) atoms. The number of carbonyl (C=O) groups is 1. The van der Waals surface area contributed by atoms with Crippen molar-refractivity contribution in [2.24, 2.45) is 0 Å². The lowest BCUT2D eigenvalue weighted by Gasteiger charge is -2.36. The summed E-state index contributed by atoms with van der Waals surface area (Å²) in [7, 11) is 0. The monoisotopic (exact) mass is 273 g/mol. The summed E-state index contributed by atoms with van der Waals surface area (Å²) in [4.78, 5) is 16.4. The zero-order valence-corrected chi connectivity index (χ0v) is 11.8. The molecule has 5 nitrogen and oxygen atoms in total. The molecule has 2 aliphatic rings. The highest BCUT2D eigenvalue weighted by molar-refractivity contribution is 7.99. The second-order valence-corrected chi connectivity index (χ2v) is 5.99. The van der Waals surface area contributed by atoms with Gasteiger partial charge in [0, 0.05) is 44.4 Å². The van der Waals surface area contributed by atoms with Crippen molar-refractivity contribution in [3.05, 3.63) is 0 Å². The number of thioether (sulfide) groups is 1. The SMILES string of the molecule is CCC(O)CN1CCN(C(=O)[C@H]2CSCN2)CC1. The van der Waals surface area contributed by atoms with Crippen LogP contribution in [0, 0.1) is 0 Å². The standard InChI is InChI=1S/C12H23N3O2S/c1-2-10(16)7-14-3-5-15(6-4-14)12(17)11-8-18-9-13-11/h10-11,13,16H,2-9H2,1H3/t10?,11-/m1/s1. The lowest BCUT2D eigenvalue weighted by atomic mass is 10.2. The van der Waals surface area contributed by atoms with Crippen molar-refractivity contribution < 1.29 is 9.90 Å². The number of β-amino-alcohol motifs (C(OH)–C–C–N with tert-alkyl or cyclic N) is 1. The molecule has 0 aliphatic carbocycles. The van der Waals surface area contributed by atoms with Gasteiger partial charge in [-0.2, -0.15) is 0 Å². The van der Waals surface area contributed by atoms with Crippen molar-refractivity contribution in [1.29, 1.82) is 0 Å².